The number of methoxy groups -OCH3 is 1. The quantitative estimate of drug-likeness (QED) is 0.553. The second kappa shape index (κ2) is 4.30. The highest BCUT2D eigenvalue weighted by Gasteiger charge is 2.00. The Labute approximate surface area is 76.4 Å². The molecule has 3 nitrogen and oxygen atoms in total. The lowest BCUT2D eigenvalue weighted by atomic mass is 10.2. The van der Waals surface area contributed by atoms with Gasteiger partial charge in [-0.1, -0.05) is 17.7 Å². The molecule has 1 aromatic carbocycles. The van der Waals surface area contributed by atoms with Crippen LogP contribution in [0.4, 0.5) is 0 Å². The van der Waals surface area contributed by atoms with E-state index in [2.05, 4.69) is 5.43 Å². The van der Waals surface area contributed by atoms with E-state index in [-0.39, 0.29) is 0 Å². The molecule has 12 heavy (non-hydrogen) atoms. The third-order valence-electron chi connectivity index (χ3n) is 1.52. The first kappa shape index (κ1) is 9.32. The molecule has 0 fully saturated rings. The van der Waals surface area contributed by atoms with Crippen molar-refractivity contribution in [3.8, 4) is 5.75 Å². The van der Waals surface area contributed by atoms with Crippen molar-refractivity contribution in [2.24, 2.45) is 5.84 Å². The van der Waals surface area contributed by atoms with Crippen molar-refractivity contribution in [2.75, 3.05) is 7.11 Å². The molecule has 0 aliphatic rings. The van der Waals surface area contributed by atoms with E-state index in [0.717, 1.165) is 5.56 Å². The van der Waals surface area contributed by atoms with Crippen molar-refractivity contribution < 1.29 is 4.74 Å². The molecule has 1 rings (SSSR count). The summed E-state index contributed by atoms with van der Waals surface area (Å²) in [5.41, 5.74) is 3.58. The van der Waals surface area contributed by atoms with Crippen LogP contribution in [0.3, 0.4) is 0 Å². The minimum absolute atomic E-state index is 0.601. The van der Waals surface area contributed by atoms with Crippen LogP contribution >= 0.6 is 11.6 Å². The Balaban J connectivity index is 2.86. The normalized spacial score (nSPS) is 9.92. The van der Waals surface area contributed by atoms with E-state index in [0.29, 0.717) is 17.3 Å². The van der Waals surface area contributed by atoms with Crippen LogP contribution in [-0.4, -0.2) is 7.11 Å². The highest BCUT2D eigenvalue weighted by Crippen LogP contribution is 2.24. The van der Waals surface area contributed by atoms with E-state index < -0.39 is 0 Å². The summed E-state index contributed by atoms with van der Waals surface area (Å²) in [6.07, 6.45) is 0. The Kier molecular flexibility index (Phi) is 3.34. The Hall–Kier alpha value is -0.770. The zero-order chi connectivity index (χ0) is 8.97. The molecule has 1 aromatic rings. The van der Waals surface area contributed by atoms with Crippen molar-refractivity contribution in [3.05, 3.63) is 28.8 Å². The Morgan fingerprint density at radius 1 is 1.58 bits per heavy atom. The van der Waals surface area contributed by atoms with Crippen molar-refractivity contribution in [1.29, 1.82) is 0 Å². The molecule has 0 saturated heterocycles. The van der Waals surface area contributed by atoms with Gasteiger partial charge in [0.15, 0.2) is 0 Å². The van der Waals surface area contributed by atoms with Crippen LogP contribution in [-0.2, 0) is 6.54 Å². The molecule has 66 valence electrons. The summed E-state index contributed by atoms with van der Waals surface area (Å²) in [4.78, 5) is 0. The van der Waals surface area contributed by atoms with Gasteiger partial charge in [-0.3, -0.25) is 11.3 Å². The first-order valence-electron chi connectivity index (χ1n) is 3.54. The fraction of sp³-hybridized carbons (Fsp3) is 0.250. The lowest BCUT2D eigenvalue weighted by molar-refractivity contribution is 0.415. The van der Waals surface area contributed by atoms with Crippen molar-refractivity contribution in [1.82, 2.24) is 5.43 Å². The van der Waals surface area contributed by atoms with E-state index in [4.69, 9.17) is 22.2 Å². The van der Waals surface area contributed by atoms with Crippen molar-refractivity contribution >= 4 is 11.6 Å². The molecule has 0 aliphatic heterocycles. The number of nitrogens with two attached hydrogens (primary N) is 1. The minimum Gasteiger partial charge on any atom is -0.495 e. The molecule has 0 unspecified atom stereocenters. The maximum atomic E-state index is 5.87. The number of hydrogen-bond donors (Lipinski definition) is 2. The second-order valence-electron chi connectivity index (χ2n) is 2.35. The molecular weight excluding hydrogens is 176 g/mol. The minimum atomic E-state index is 0.601. The van der Waals surface area contributed by atoms with Gasteiger partial charge in [0.2, 0.25) is 0 Å². The number of benzene rings is 1. The van der Waals surface area contributed by atoms with Gasteiger partial charge in [0.1, 0.15) is 5.75 Å². The number of ether oxygens (including phenoxy) is 1. The Bertz CT molecular complexity index is 265. The van der Waals surface area contributed by atoms with Crippen LogP contribution in [0.1, 0.15) is 5.56 Å². The summed E-state index contributed by atoms with van der Waals surface area (Å²) in [5.74, 6) is 5.84. The summed E-state index contributed by atoms with van der Waals surface area (Å²) in [6, 6.07) is 5.54. The number of hydrazine groups is 1. The van der Waals surface area contributed by atoms with Gasteiger partial charge in [0, 0.05) is 6.54 Å². The highest BCUT2D eigenvalue weighted by molar-refractivity contribution is 6.32. The molecule has 4 heteroatoms. The van der Waals surface area contributed by atoms with Crippen LogP contribution in [0.25, 0.3) is 0 Å². The summed E-state index contributed by atoms with van der Waals surface area (Å²) >= 11 is 5.87. The van der Waals surface area contributed by atoms with Crippen LogP contribution < -0.4 is 16.0 Å². The standard InChI is InChI=1S/C8H11ClN2O/c1-12-8-3-2-6(5-11-10)4-7(8)9/h2-4,11H,5,10H2,1H3. The zero-order valence-electron chi connectivity index (χ0n) is 6.80. The summed E-state index contributed by atoms with van der Waals surface area (Å²) < 4.78 is 4.99. The van der Waals surface area contributed by atoms with Gasteiger partial charge in [0.05, 0.1) is 12.1 Å². The molecule has 0 heterocycles. The first-order valence-corrected chi connectivity index (χ1v) is 3.91. The fourth-order valence-corrected chi connectivity index (χ4v) is 1.22. The number of nitrogens with one attached hydrogen (secondary N) is 1. The molecule has 0 amide bonds. The number of hydrogen-bond acceptors (Lipinski definition) is 3. The van der Waals surface area contributed by atoms with Gasteiger partial charge in [-0.25, -0.2) is 0 Å². The van der Waals surface area contributed by atoms with E-state index in [1.165, 1.54) is 0 Å². The lowest BCUT2D eigenvalue weighted by Crippen LogP contribution is -2.20. The molecule has 0 bridgehead atoms. The molecule has 0 radical (unpaired) electrons. The predicted molar refractivity (Wildman–Crippen MR) is 49.0 cm³/mol. The van der Waals surface area contributed by atoms with Gasteiger partial charge in [-0.05, 0) is 17.7 Å². The van der Waals surface area contributed by atoms with E-state index in [1.807, 2.05) is 18.2 Å². The lowest BCUT2D eigenvalue weighted by Gasteiger charge is -2.04. The van der Waals surface area contributed by atoms with Crippen molar-refractivity contribution in [3.63, 3.8) is 0 Å². The predicted octanol–water partition coefficient (Wildman–Crippen LogP) is 1.31. The largest absolute Gasteiger partial charge is 0.495 e. The van der Waals surface area contributed by atoms with Crippen LogP contribution in [0.2, 0.25) is 5.02 Å². The average Bonchev–Trinajstić information content (AvgIpc) is 2.05. The third-order valence-corrected chi connectivity index (χ3v) is 1.82. The van der Waals surface area contributed by atoms with Crippen LogP contribution in [0, 0.1) is 0 Å². The second-order valence-corrected chi connectivity index (χ2v) is 2.76. The highest BCUT2D eigenvalue weighted by atomic mass is 35.5. The molecule has 0 atom stereocenters. The molecule has 0 saturated carbocycles. The Morgan fingerprint density at radius 3 is 2.83 bits per heavy atom. The summed E-state index contributed by atoms with van der Waals surface area (Å²) in [5, 5.41) is 0.602. The van der Waals surface area contributed by atoms with Gasteiger partial charge >= 0.3 is 0 Å². The van der Waals surface area contributed by atoms with Gasteiger partial charge in [0.25, 0.3) is 0 Å². The third kappa shape index (κ3) is 2.11. The monoisotopic (exact) mass is 186 g/mol. The van der Waals surface area contributed by atoms with E-state index in [1.54, 1.807) is 7.11 Å². The smallest absolute Gasteiger partial charge is 0.137 e. The molecule has 0 aromatic heterocycles. The van der Waals surface area contributed by atoms with Crippen LogP contribution in [0.5, 0.6) is 5.75 Å². The SMILES string of the molecule is COc1ccc(CNN)cc1Cl. The molecule has 0 aliphatic carbocycles. The molecule has 3 N–H and O–H groups in total. The summed E-state index contributed by atoms with van der Waals surface area (Å²) in [7, 11) is 1.59. The average molecular weight is 187 g/mol. The van der Waals surface area contributed by atoms with Crippen molar-refractivity contribution in [2.45, 2.75) is 6.54 Å². The molecule has 0 spiro atoms. The van der Waals surface area contributed by atoms with Gasteiger partial charge in [-0.15, -0.1) is 0 Å². The maximum Gasteiger partial charge on any atom is 0.137 e. The van der Waals surface area contributed by atoms with E-state index in [9.17, 15) is 0 Å². The number of halogens is 1. The zero-order valence-corrected chi connectivity index (χ0v) is 7.56. The first-order chi connectivity index (χ1) is 5.77. The van der Waals surface area contributed by atoms with Gasteiger partial charge in [-0.2, -0.15) is 0 Å². The maximum absolute atomic E-state index is 5.87. The topological polar surface area (TPSA) is 47.3 Å². The van der Waals surface area contributed by atoms with Crippen LogP contribution in [0.15, 0.2) is 18.2 Å². The molecular formula is C8H11ClN2O. The summed E-state index contributed by atoms with van der Waals surface area (Å²) in [6.45, 7) is 0.601. The van der Waals surface area contributed by atoms with E-state index >= 15 is 0 Å². The Morgan fingerprint density at radius 2 is 2.33 bits per heavy atom. The fourth-order valence-electron chi connectivity index (χ4n) is 0.938. The van der Waals surface area contributed by atoms with Gasteiger partial charge < -0.3 is 4.74 Å². The number of rotatable bonds is 3.